The van der Waals surface area contributed by atoms with Crippen molar-refractivity contribution in [1.29, 1.82) is 0 Å². The second kappa shape index (κ2) is 9.84. The Morgan fingerprint density at radius 2 is 1.76 bits per heavy atom. The zero-order valence-electron chi connectivity index (χ0n) is 19.9. The molecular weight excluding hydrogens is 532 g/mol. The molecule has 1 spiro atoms. The van der Waals surface area contributed by atoms with Crippen LogP contribution in [-0.2, 0) is 17.5 Å². The summed E-state index contributed by atoms with van der Waals surface area (Å²) in [6, 6.07) is 4.30. The molecule has 3 heterocycles. The molecule has 2 atom stereocenters. The second-order valence-corrected chi connectivity index (χ2v) is 10.6. The van der Waals surface area contributed by atoms with E-state index in [0.717, 1.165) is 50.0 Å². The summed E-state index contributed by atoms with van der Waals surface area (Å²) in [6.45, 7) is 1.74. The monoisotopic (exact) mass is 553 g/mol. The standard InChI is InChI=1S/C25H21F6N5OS/c1-13-8-24(4-5-24)36(38-16-2-3-17(26)18(27)7-16)21(13)22(37)33-9-14-6-20(32-12-19(14)28)15-10-34-23(35-11-15)25(29,30)31/h2-3,6-7,10-13,21H,4-5,8-9H2,1H3,(H,33,37)/t13-,21-/m0/s1. The highest BCUT2D eigenvalue weighted by molar-refractivity contribution is 7.97. The van der Waals surface area contributed by atoms with Crippen LogP contribution in [0.2, 0.25) is 0 Å². The molecule has 2 fully saturated rings. The summed E-state index contributed by atoms with van der Waals surface area (Å²) in [5, 5.41) is 2.75. The number of hydrogen-bond donors (Lipinski definition) is 1. The fourth-order valence-corrected chi connectivity index (χ4v) is 6.11. The van der Waals surface area contributed by atoms with Crippen molar-refractivity contribution in [3.8, 4) is 11.3 Å². The maximum atomic E-state index is 14.5. The lowest BCUT2D eigenvalue weighted by atomic mass is 10.00. The molecule has 1 aromatic carbocycles. The maximum Gasteiger partial charge on any atom is 0.451 e. The van der Waals surface area contributed by atoms with E-state index in [-0.39, 0.29) is 40.7 Å². The molecule has 3 aromatic rings. The number of hydrogen-bond acceptors (Lipinski definition) is 6. The van der Waals surface area contributed by atoms with Crippen LogP contribution in [0.1, 0.15) is 37.6 Å². The van der Waals surface area contributed by atoms with Gasteiger partial charge in [0.05, 0.1) is 11.9 Å². The van der Waals surface area contributed by atoms with Gasteiger partial charge in [0.25, 0.3) is 0 Å². The minimum atomic E-state index is -4.70. The molecule has 0 bridgehead atoms. The number of carbonyl (C=O) groups is 1. The van der Waals surface area contributed by atoms with Crippen LogP contribution in [0.5, 0.6) is 0 Å². The molecule has 6 nitrogen and oxygen atoms in total. The van der Waals surface area contributed by atoms with Crippen molar-refractivity contribution >= 4 is 17.9 Å². The predicted octanol–water partition coefficient (Wildman–Crippen LogP) is 5.54. The lowest BCUT2D eigenvalue weighted by molar-refractivity contribution is -0.145. The minimum Gasteiger partial charge on any atom is -0.351 e. The number of halogens is 6. The van der Waals surface area contributed by atoms with Gasteiger partial charge >= 0.3 is 6.18 Å². The normalized spacial score (nSPS) is 20.6. The molecule has 200 valence electrons. The largest absolute Gasteiger partial charge is 0.451 e. The van der Waals surface area contributed by atoms with E-state index in [4.69, 9.17) is 0 Å². The smallest absolute Gasteiger partial charge is 0.351 e. The lowest BCUT2D eigenvalue weighted by Crippen LogP contribution is -2.45. The molecule has 5 rings (SSSR count). The molecule has 2 aromatic heterocycles. The van der Waals surface area contributed by atoms with Crippen LogP contribution in [0.25, 0.3) is 11.3 Å². The molecule has 0 unspecified atom stereocenters. The molecule has 0 radical (unpaired) electrons. The Balaban J connectivity index is 1.31. The van der Waals surface area contributed by atoms with E-state index < -0.39 is 35.5 Å². The van der Waals surface area contributed by atoms with Crippen LogP contribution in [0.15, 0.2) is 47.8 Å². The van der Waals surface area contributed by atoms with E-state index in [2.05, 4.69) is 20.3 Å². The van der Waals surface area contributed by atoms with Gasteiger partial charge in [-0.15, -0.1) is 0 Å². The zero-order chi connectivity index (χ0) is 27.2. The molecule has 1 amide bonds. The number of nitrogens with zero attached hydrogens (tertiary/aromatic N) is 4. The van der Waals surface area contributed by atoms with Gasteiger partial charge < -0.3 is 5.32 Å². The Hall–Kier alpha value is -3.19. The first kappa shape index (κ1) is 26.4. The Morgan fingerprint density at radius 1 is 1.05 bits per heavy atom. The summed E-state index contributed by atoms with van der Waals surface area (Å²) >= 11 is 1.20. The van der Waals surface area contributed by atoms with Gasteiger partial charge in [0, 0.05) is 40.5 Å². The van der Waals surface area contributed by atoms with Gasteiger partial charge in [-0.3, -0.25) is 9.78 Å². The zero-order valence-corrected chi connectivity index (χ0v) is 20.7. The number of pyridine rings is 1. The molecule has 13 heteroatoms. The molecule has 1 saturated heterocycles. The van der Waals surface area contributed by atoms with Crippen LogP contribution in [0.3, 0.4) is 0 Å². The van der Waals surface area contributed by atoms with E-state index in [1.54, 1.807) is 0 Å². The third-order valence-electron chi connectivity index (χ3n) is 6.74. The number of benzene rings is 1. The summed E-state index contributed by atoms with van der Waals surface area (Å²) in [5.41, 5.74) is 0.162. The summed E-state index contributed by atoms with van der Waals surface area (Å²) < 4.78 is 81.8. The third kappa shape index (κ3) is 5.21. The topological polar surface area (TPSA) is 71.0 Å². The first-order valence-electron chi connectivity index (χ1n) is 11.7. The van der Waals surface area contributed by atoms with Crippen molar-refractivity contribution in [2.24, 2.45) is 5.92 Å². The van der Waals surface area contributed by atoms with Gasteiger partial charge in [-0.25, -0.2) is 27.4 Å². The van der Waals surface area contributed by atoms with E-state index in [1.807, 2.05) is 11.2 Å². The molecule has 1 aliphatic heterocycles. The lowest BCUT2D eigenvalue weighted by Gasteiger charge is -2.29. The van der Waals surface area contributed by atoms with Crippen molar-refractivity contribution in [3.05, 3.63) is 71.7 Å². The summed E-state index contributed by atoms with van der Waals surface area (Å²) in [6.07, 6.45) is 0.602. The highest BCUT2D eigenvalue weighted by atomic mass is 32.2. The number of aromatic nitrogens is 3. The molecular formula is C25H21F6N5OS. The van der Waals surface area contributed by atoms with Gasteiger partial charge in [-0.05, 0) is 61.4 Å². The van der Waals surface area contributed by atoms with Crippen LogP contribution >= 0.6 is 11.9 Å². The second-order valence-electron chi connectivity index (χ2n) is 9.52. The Kier molecular flexibility index (Phi) is 6.84. The fraction of sp³-hybridized carbons (Fsp3) is 0.360. The SMILES string of the molecule is C[C@H]1CC2(CC2)N(Sc2ccc(F)c(F)c2)[C@@H]1C(=O)NCc1cc(-c2cnc(C(F)(F)F)nc2)ncc1F. The average Bonchev–Trinajstić information content (AvgIpc) is 3.59. The summed E-state index contributed by atoms with van der Waals surface area (Å²) in [7, 11) is 0. The van der Waals surface area contributed by atoms with Gasteiger partial charge in [-0.2, -0.15) is 13.2 Å². The minimum absolute atomic E-state index is 0.0440. The van der Waals surface area contributed by atoms with Gasteiger partial charge in [0.15, 0.2) is 11.6 Å². The van der Waals surface area contributed by atoms with Gasteiger partial charge in [0.1, 0.15) is 11.9 Å². The number of carbonyl (C=O) groups excluding carboxylic acids is 1. The average molecular weight is 554 g/mol. The predicted molar refractivity (Wildman–Crippen MR) is 126 cm³/mol. The molecule has 1 saturated carbocycles. The Bertz CT molecular complexity index is 1370. The Morgan fingerprint density at radius 3 is 2.39 bits per heavy atom. The van der Waals surface area contributed by atoms with Crippen molar-refractivity contribution in [2.75, 3.05) is 0 Å². The van der Waals surface area contributed by atoms with Crippen molar-refractivity contribution in [3.63, 3.8) is 0 Å². The quantitative estimate of drug-likeness (QED) is 0.319. The molecule has 1 aliphatic carbocycles. The molecule has 38 heavy (non-hydrogen) atoms. The summed E-state index contributed by atoms with van der Waals surface area (Å²) in [4.78, 5) is 24.2. The van der Waals surface area contributed by atoms with Crippen LogP contribution in [0.4, 0.5) is 26.3 Å². The fourth-order valence-electron chi connectivity index (χ4n) is 4.73. The number of rotatable bonds is 6. The van der Waals surface area contributed by atoms with Crippen LogP contribution in [0, 0.1) is 23.4 Å². The number of amides is 1. The van der Waals surface area contributed by atoms with Crippen LogP contribution in [-0.4, -0.2) is 36.7 Å². The van der Waals surface area contributed by atoms with E-state index in [9.17, 15) is 31.1 Å². The van der Waals surface area contributed by atoms with E-state index in [1.165, 1.54) is 24.1 Å². The van der Waals surface area contributed by atoms with Crippen molar-refractivity contribution in [2.45, 2.75) is 55.4 Å². The highest BCUT2D eigenvalue weighted by Gasteiger charge is 2.59. The van der Waals surface area contributed by atoms with Crippen molar-refractivity contribution in [1.82, 2.24) is 24.6 Å². The summed E-state index contributed by atoms with van der Waals surface area (Å²) in [5.74, 6) is -4.34. The molecule has 1 N–H and O–H groups in total. The first-order chi connectivity index (χ1) is 18.0. The van der Waals surface area contributed by atoms with E-state index >= 15 is 0 Å². The number of nitrogens with one attached hydrogen (secondary N) is 1. The Labute approximate surface area is 218 Å². The maximum absolute atomic E-state index is 14.5. The first-order valence-corrected chi connectivity index (χ1v) is 12.5. The third-order valence-corrected chi connectivity index (χ3v) is 8.02. The number of alkyl halides is 3. The van der Waals surface area contributed by atoms with Crippen LogP contribution < -0.4 is 5.32 Å². The van der Waals surface area contributed by atoms with Gasteiger partial charge in [-0.1, -0.05) is 6.92 Å². The van der Waals surface area contributed by atoms with Crippen molar-refractivity contribution < 1.29 is 31.1 Å². The highest BCUT2D eigenvalue weighted by Crippen LogP contribution is 2.58. The molecule has 2 aliphatic rings. The van der Waals surface area contributed by atoms with Gasteiger partial charge in [0.2, 0.25) is 11.7 Å². The van der Waals surface area contributed by atoms with E-state index in [0.29, 0.717) is 4.90 Å².